The summed E-state index contributed by atoms with van der Waals surface area (Å²) in [4.78, 5) is 3.93. The van der Waals surface area contributed by atoms with Crippen LogP contribution in [-0.2, 0) is 6.61 Å². The summed E-state index contributed by atoms with van der Waals surface area (Å²) in [6, 6.07) is 9.06. The minimum Gasteiger partial charge on any atom is -0.489 e. The Morgan fingerprint density at radius 3 is 2.44 bits per heavy atom. The molecule has 0 atom stereocenters. The number of benzene rings is 1. The van der Waals surface area contributed by atoms with Crippen molar-refractivity contribution in [2.24, 2.45) is 0 Å². The Morgan fingerprint density at radius 1 is 1.00 bits per heavy atom. The van der Waals surface area contributed by atoms with Gasteiger partial charge in [-0.1, -0.05) is 0 Å². The van der Waals surface area contributed by atoms with Gasteiger partial charge in [0.25, 0.3) is 0 Å². The molecule has 2 aromatic rings. The van der Waals surface area contributed by atoms with Crippen molar-refractivity contribution in [3.8, 4) is 5.75 Å². The molecule has 1 aromatic heterocycles. The SMILES string of the molecule is Nc1ccc(OCc2ccncc2)cc1N. The first-order valence-corrected chi connectivity index (χ1v) is 4.92. The van der Waals surface area contributed by atoms with Gasteiger partial charge in [0.15, 0.2) is 0 Å². The summed E-state index contributed by atoms with van der Waals surface area (Å²) in [7, 11) is 0. The molecule has 0 aliphatic rings. The van der Waals surface area contributed by atoms with Crippen LogP contribution in [-0.4, -0.2) is 4.98 Å². The average Bonchev–Trinajstić information content (AvgIpc) is 2.32. The van der Waals surface area contributed by atoms with Gasteiger partial charge >= 0.3 is 0 Å². The smallest absolute Gasteiger partial charge is 0.122 e. The zero-order chi connectivity index (χ0) is 11.4. The number of anilines is 2. The summed E-state index contributed by atoms with van der Waals surface area (Å²) in [5, 5.41) is 0. The quantitative estimate of drug-likeness (QED) is 0.766. The second-order valence-electron chi connectivity index (χ2n) is 3.43. The fourth-order valence-corrected chi connectivity index (χ4v) is 1.29. The number of nitrogens with zero attached hydrogens (tertiary/aromatic N) is 1. The lowest BCUT2D eigenvalue weighted by molar-refractivity contribution is 0.306. The molecule has 1 aromatic carbocycles. The van der Waals surface area contributed by atoms with Gasteiger partial charge in [-0.25, -0.2) is 0 Å². The van der Waals surface area contributed by atoms with E-state index in [0.717, 1.165) is 5.56 Å². The van der Waals surface area contributed by atoms with Crippen molar-refractivity contribution in [1.29, 1.82) is 0 Å². The van der Waals surface area contributed by atoms with E-state index in [1.807, 2.05) is 12.1 Å². The number of nitrogens with two attached hydrogens (primary N) is 2. The summed E-state index contributed by atoms with van der Waals surface area (Å²) in [6.07, 6.45) is 3.46. The Kier molecular flexibility index (Phi) is 2.91. The van der Waals surface area contributed by atoms with Gasteiger partial charge < -0.3 is 16.2 Å². The van der Waals surface area contributed by atoms with Gasteiger partial charge in [0.05, 0.1) is 11.4 Å². The molecule has 82 valence electrons. The Balaban J connectivity index is 2.03. The molecule has 0 saturated carbocycles. The van der Waals surface area contributed by atoms with E-state index in [2.05, 4.69) is 4.98 Å². The lowest BCUT2D eigenvalue weighted by atomic mass is 10.2. The molecule has 0 bridgehead atoms. The van der Waals surface area contributed by atoms with Crippen molar-refractivity contribution in [2.45, 2.75) is 6.61 Å². The number of aromatic nitrogens is 1. The highest BCUT2D eigenvalue weighted by Gasteiger charge is 1.98. The maximum Gasteiger partial charge on any atom is 0.122 e. The van der Waals surface area contributed by atoms with E-state index in [9.17, 15) is 0 Å². The molecule has 0 amide bonds. The second kappa shape index (κ2) is 4.53. The van der Waals surface area contributed by atoms with Gasteiger partial charge in [-0.2, -0.15) is 0 Å². The number of rotatable bonds is 3. The average molecular weight is 215 g/mol. The Labute approximate surface area is 93.9 Å². The van der Waals surface area contributed by atoms with Crippen LogP contribution >= 0.6 is 0 Å². The van der Waals surface area contributed by atoms with Crippen LogP contribution in [0.2, 0.25) is 0 Å². The third-order valence-electron chi connectivity index (χ3n) is 2.21. The fourth-order valence-electron chi connectivity index (χ4n) is 1.29. The molecular formula is C12H13N3O. The van der Waals surface area contributed by atoms with Crippen LogP contribution in [0, 0.1) is 0 Å². The highest BCUT2D eigenvalue weighted by Crippen LogP contribution is 2.22. The highest BCUT2D eigenvalue weighted by molar-refractivity contribution is 5.65. The molecule has 0 saturated heterocycles. The topological polar surface area (TPSA) is 74.2 Å². The molecule has 0 fully saturated rings. The first kappa shape index (κ1) is 10.3. The minimum atomic E-state index is 0.492. The minimum absolute atomic E-state index is 0.492. The van der Waals surface area contributed by atoms with Gasteiger partial charge in [-0.05, 0) is 29.8 Å². The monoisotopic (exact) mass is 215 g/mol. The van der Waals surface area contributed by atoms with Crippen molar-refractivity contribution in [2.75, 3.05) is 11.5 Å². The molecular weight excluding hydrogens is 202 g/mol. The highest BCUT2D eigenvalue weighted by atomic mass is 16.5. The van der Waals surface area contributed by atoms with Gasteiger partial charge in [-0.3, -0.25) is 4.98 Å². The second-order valence-corrected chi connectivity index (χ2v) is 3.43. The summed E-state index contributed by atoms with van der Waals surface area (Å²) in [5.74, 6) is 0.712. The fraction of sp³-hybridized carbons (Fsp3) is 0.0833. The Hall–Kier alpha value is -2.23. The third kappa shape index (κ3) is 2.42. The number of hydrogen-bond acceptors (Lipinski definition) is 4. The number of ether oxygens (including phenoxy) is 1. The van der Waals surface area contributed by atoms with Crippen LogP contribution in [0.15, 0.2) is 42.7 Å². The predicted octanol–water partition coefficient (Wildman–Crippen LogP) is 1.82. The largest absolute Gasteiger partial charge is 0.489 e. The van der Waals surface area contributed by atoms with Crippen LogP contribution in [0.3, 0.4) is 0 Å². The molecule has 0 spiro atoms. The zero-order valence-electron chi connectivity index (χ0n) is 8.76. The van der Waals surface area contributed by atoms with Crippen LogP contribution in [0.25, 0.3) is 0 Å². The van der Waals surface area contributed by atoms with E-state index in [1.165, 1.54) is 0 Å². The summed E-state index contributed by atoms with van der Waals surface area (Å²) in [5.41, 5.74) is 13.4. The Bertz CT molecular complexity index is 471. The van der Waals surface area contributed by atoms with Crippen molar-refractivity contribution < 1.29 is 4.74 Å². The lowest BCUT2D eigenvalue weighted by Gasteiger charge is -2.07. The van der Waals surface area contributed by atoms with Crippen molar-refractivity contribution >= 4 is 11.4 Å². The predicted molar refractivity (Wildman–Crippen MR) is 63.8 cm³/mol. The maximum absolute atomic E-state index is 5.67. The van der Waals surface area contributed by atoms with Gasteiger partial charge in [0.2, 0.25) is 0 Å². The molecule has 1 heterocycles. The summed E-state index contributed by atoms with van der Waals surface area (Å²) in [6.45, 7) is 0.492. The van der Waals surface area contributed by atoms with E-state index in [1.54, 1.807) is 30.6 Å². The number of pyridine rings is 1. The van der Waals surface area contributed by atoms with E-state index >= 15 is 0 Å². The van der Waals surface area contributed by atoms with E-state index in [0.29, 0.717) is 23.7 Å². The van der Waals surface area contributed by atoms with Crippen molar-refractivity contribution in [1.82, 2.24) is 4.98 Å². The van der Waals surface area contributed by atoms with Crippen LogP contribution < -0.4 is 16.2 Å². The van der Waals surface area contributed by atoms with Crippen molar-refractivity contribution in [3.63, 3.8) is 0 Å². The van der Waals surface area contributed by atoms with Gasteiger partial charge in [0, 0.05) is 18.5 Å². The van der Waals surface area contributed by atoms with Crippen molar-refractivity contribution in [3.05, 3.63) is 48.3 Å². The summed E-state index contributed by atoms with van der Waals surface area (Å²) >= 11 is 0. The summed E-state index contributed by atoms with van der Waals surface area (Å²) < 4.78 is 5.56. The first-order chi connectivity index (χ1) is 7.75. The molecule has 0 radical (unpaired) electrons. The third-order valence-corrected chi connectivity index (χ3v) is 2.21. The molecule has 0 aliphatic carbocycles. The van der Waals surface area contributed by atoms with Crippen LogP contribution in [0.5, 0.6) is 5.75 Å². The van der Waals surface area contributed by atoms with Crippen LogP contribution in [0.4, 0.5) is 11.4 Å². The molecule has 16 heavy (non-hydrogen) atoms. The normalized spacial score (nSPS) is 10.0. The number of hydrogen-bond donors (Lipinski definition) is 2. The van der Waals surface area contributed by atoms with E-state index in [4.69, 9.17) is 16.2 Å². The molecule has 0 unspecified atom stereocenters. The first-order valence-electron chi connectivity index (χ1n) is 4.92. The Morgan fingerprint density at radius 2 is 1.75 bits per heavy atom. The number of nitrogen functional groups attached to an aromatic ring is 2. The standard InChI is InChI=1S/C12H13N3O/c13-11-2-1-10(7-12(11)14)16-8-9-3-5-15-6-4-9/h1-7H,8,13-14H2. The van der Waals surface area contributed by atoms with Gasteiger partial charge in [0.1, 0.15) is 12.4 Å². The molecule has 4 N–H and O–H groups in total. The molecule has 2 rings (SSSR count). The maximum atomic E-state index is 5.67. The van der Waals surface area contributed by atoms with E-state index < -0.39 is 0 Å². The molecule has 4 nitrogen and oxygen atoms in total. The zero-order valence-corrected chi connectivity index (χ0v) is 8.76. The lowest BCUT2D eigenvalue weighted by Crippen LogP contribution is -1.98. The van der Waals surface area contributed by atoms with Gasteiger partial charge in [-0.15, -0.1) is 0 Å². The molecule has 0 aliphatic heterocycles. The van der Waals surface area contributed by atoms with Crippen LogP contribution in [0.1, 0.15) is 5.56 Å². The van der Waals surface area contributed by atoms with E-state index in [-0.39, 0.29) is 0 Å². The molecule has 4 heteroatoms.